The lowest BCUT2D eigenvalue weighted by Crippen LogP contribution is -2.11. The summed E-state index contributed by atoms with van der Waals surface area (Å²) >= 11 is 0. The van der Waals surface area contributed by atoms with Crippen LogP contribution in [0.25, 0.3) is 0 Å². The van der Waals surface area contributed by atoms with Gasteiger partial charge in [0.15, 0.2) is 5.66 Å². The van der Waals surface area contributed by atoms with Crippen molar-refractivity contribution in [3.05, 3.63) is 0 Å². The van der Waals surface area contributed by atoms with Crippen LogP contribution in [0.2, 0.25) is 0 Å². The van der Waals surface area contributed by atoms with Crippen LogP contribution in [-0.4, -0.2) is 12.2 Å². The monoisotopic (exact) mass is 135 g/mol. The zero-order valence-electron chi connectivity index (χ0n) is 4.79. The third-order valence-corrected chi connectivity index (χ3v) is 1.06. The van der Waals surface area contributed by atoms with E-state index in [1.165, 1.54) is 0 Å². The first-order valence-corrected chi connectivity index (χ1v) is 2.41. The number of nitrogens with two attached hydrogens (primary N) is 1. The van der Waals surface area contributed by atoms with Crippen molar-refractivity contribution in [3.63, 3.8) is 0 Å². The standard InChI is InChI=1S/C4H9N3.ClH/c1-4(2-3-5)6-7-4;/h2-3,5H2,1H3;1H. The zero-order valence-corrected chi connectivity index (χ0v) is 5.61. The van der Waals surface area contributed by atoms with Gasteiger partial charge in [-0.2, -0.15) is 10.2 Å². The van der Waals surface area contributed by atoms with Crippen molar-refractivity contribution in [1.29, 1.82) is 0 Å². The van der Waals surface area contributed by atoms with Crippen LogP contribution < -0.4 is 5.73 Å². The molecule has 0 aromatic heterocycles. The van der Waals surface area contributed by atoms with Crippen molar-refractivity contribution >= 4 is 12.4 Å². The molecule has 0 amide bonds. The topological polar surface area (TPSA) is 50.7 Å². The van der Waals surface area contributed by atoms with Crippen LogP contribution in [-0.2, 0) is 0 Å². The first kappa shape index (κ1) is 7.85. The van der Waals surface area contributed by atoms with Gasteiger partial charge in [-0.05, 0) is 13.5 Å². The minimum atomic E-state index is -0.0747. The average molecular weight is 136 g/mol. The predicted octanol–water partition coefficient (Wildman–Crippen LogP) is 0.939. The second-order valence-electron chi connectivity index (χ2n) is 1.96. The van der Waals surface area contributed by atoms with Crippen LogP contribution in [0.15, 0.2) is 10.2 Å². The summed E-state index contributed by atoms with van der Waals surface area (Å²) in [6.45, 7) is 2.66. The second-order valence-corrected chi connectivity index (χ2v) is 1.96. The van der Waals surface area contributed by atoms with E-state index in [2.05, 4.69) is 10.2 Å². The van der Waals surface area contributed by atoms with Crippen LogP contribution in [0.5, 0.6) is 0 Å². The van der Waals surface area contributed by atoms with Crippen LogP contribution >= 0.6 is 12.4 Å². The highest BCUT2D eigenvalue weighted by Gasteiger charge is 2.31. The molecule has 0 spiro atoms. The van der Waals surface area contributed by atoms with Crippen molar-refractivity contribution in [2.75, 3.05) is 6.54 Å². The van der Waals surface area contributed by atoms with Gasteiger partial charge in [-0.3, -0.25) is 0 Å². The van der Waals surface area contributed by atoms with Crippen LogP contribution in [0, 0.1) is 0 Å². The smallest absolute Gasteiger partial charge is 0.189 e. The summed E-state index contributed by atoms with van der Waals surface area (Å²) < 4.78 is 0. The Morgan fingerprint density at radius 2 is 2.00 bits per heavy atom. The highest BCUT2D eigenvalue weighted by Crippen LogP contribution is 2.29. The zero-order chi connectivity index (χ0) is 5.33. The quantitative estimate of drug-likeness (QED) is 0.602. The van der Waals surface area contributed by atoms with E-state index in [1.54, 1.807) is 0 Å². The lowest BCUT2D eigenvalue weighted by Gasteiger charge is -1.95. The molecule has 4 heteroatoms. The average Bonchev–Trinajstić information content (AvgIpc) is 2.22. The first-order valence-electron chi connectivity index (χ1n) is 2.41. The maximum Gasteiger partial charge on any atom is 0.189 e. The molecule has 8 heavy (non-hydrogen) atoms. The maximum absolute atomic E-state index is 5.23. The van der Waals surface area contributed by atoms with Gasteiger partial charge in [0, 0.05) is 6.42 Å². The van der Waals surface area contributed by atoms with Gasteiger partial charge >= 0.3 is 0 Å². The molecule has 0 radical (unpaired) electrons. The molecule has 0 saturated carbocycles. The molecule has 1 heterocycles. The molecular weight excluding hydrogens is 126 g/mol. The Kier molecular flexibility index (Phi) is 2.37. The lowest BCUT2D eigenvalue weighted by atomic mass is 10.2. The van der Waals surface area contributed by atoms with Gasteiger partial charge in [0.2, 0.25) is 0 Å². The van der Waals surface area contributed by atoms with Crippen LogP contribution in [0.3, 0.4) is 0 Å². The molecule has 3 nitrogen and oxygen atoms in total. The lowest BCUT2D eigenvalue weighted by molar-refractivity contribution is 0.610. The van der Waals surface area contributed by atoms with Gasteiger partial charge in [0.25, 0.3) is 0 Å². The number of halogens is 1. The summed E-state index contributed by atoms with van der Waals surface area (Å²) in [5.74, 6) is 0. The van der Waals surface area contributed by atoms with Gasteiger partial charge in [-0.25, -0.2) is 0 Å². The number of rotatable bonds is 2. The minimum Gasteiger partial charge on any atom is -0.330 e. The molecule has 1 rings (SSSR count). The number of nitrogens with zero attached hydrogens (tertiary/aromatic N) is 2. The largest absolute Gasteiger partial charge is 0.330 e. The van der Waals surface area contributed by atoms with Gasteiger partial charge in [-0.1, -0.05) is 0 Å². The number of hydrogen-bond donors (Lipinski definition) is 1. The van der Waals surface area contributed by atoms with E-state index in [4.69, 9.17) is 5.73 Å². The molecular formula is C4H10ClN3. The van der Waals surface area contributed by atoms with Crippen molar-refractivity contribution in [1.82, 2.24) is 0 Å². The SMILES string of the molecule is CC1(CCN)N=N1.Cl. The van der Waals surface area contributed by atoms with E-state index in [1.807, 2.05) is 6.92 Å². The molecule has 0 aliphatic carbocycles. The highest BCUT2D eigenvalue weighted by atomic mass is 35.5. The Morgan fingerprint density at radius 1 is 1.50 bits per heavy atom. The third-order valence-electron chi connectivity index (χ3n) is 1.06. The Bertz CT molecular complexity index is 95.5. The van der Waals surface area contributed by atoms with Crippen molar-refractivity contribution < 1.29 is 0 Å². The molecule has 0 aromatic rings. The van der Waals surface area contributed by atoms with Gasteiger partial charge in [0.05, 0.1) is 0 Å². The highest BCUT2D eigenvalue weighted by molar-refractivity contribution is 5.85. The van der Waals surface area contributed by atoms with Gasteiger partial charge in [0.1, 0.15) is 0 Å². The molecule has 0 unspecified atom stereocenters. The van der Waals surface area contributed by atoms with E-state index < -0.39 is 0 Å². The Balaban J connectivity index is 0.000000490. The third kappa shape index (κ3) is 1.76. The Hall–Kier alpha value is -0.150. The molecule has 0 fully saturated rings. The van der Waals surface area contributed by atoms with Crippen molar-refractivity contribution in [2.24, 2.45) is 16.0 Å². The molecule has 48 valence electrons. The first-order chi connectivity index (χ1) is 3.27. The van der Waals surface area contributed by atoms with E-state index in [9.17, 15) is 0 Å². The van der Waals surface area contributed by atoms with E-state index >= 15 is 0 Å². The summed E-state index contributed by atoms with van der Waals surface area (Å²) in [5, 5.41) is 7.54. The number of hydrogen-bond acceptors (Lipinski definition) is 3. The molecule has 0 saturated heterocycles. The maximum atomic E-state index is 5.23. The summed E-state index contributed by atoms with van der Waals surface area (Å²) in [7, 11) is 0. The second kappa shape index (κ2) is 2.42. The van der Waals surface area contributed by atoms with E-state index in [0.717, 1.165) is 6.42 Å². The molecule has 1 aliphatic heterocycles. The summed E-state index contributed by atoms with van der Waals surface area (Å²) in [6, 6.07) is 0. The summed E-state index contributed by atoms with van der Waals surface area (Å²) in [4.78, 5) is 0. The van der Waals surface area contributed by atoms with Crippen LogP contribution in [0.1, 0.15) is 13.3 Å². The van der Waals surface area contributed by atoms with E-state index in [0.29, 0.717) is 6.54 Å². The summed E-state index contributed by atoms with van der Waals surface area (Å²) in [6.07, 6.45) is 0.896. The van der Waals surface area contributed by atoms with Gasteiger partial charge in [-0.15, -0.1) is 12.4 Å². The summed E-state index contributed by atoms with van der Waals surface area (Å²) in [5.41, 5.74) is 5.16. The fraction of sp³-hybridized carbons (Fsp3) is 1.00. The molecule has 0 bridgehead atoms. The normalized spacial score (nSPS) is 19.8. The van der Waals surface area contributed by atoms with Crippen molar-refractivity contribution in [3.8, 4) is 0 Å². The fourth-order valence-corrected chi connectivity index (χ4v) is 0.459. The molecule has 0 aromatic carbocycles. The van der Waals surface area contributed by atoms with Gasteiger partial charge < -0.3 is 5.73 Å². The predicted molar refractivity (Wildman–Crippen MR) is 34.2 cm³/mol. The minimum absolute atomic E-state index is 0. The van der Waals surface area contributed by atoms with E-state index in [-0.39, 0.29) is 18.1 Å². The molecule has 2 N–H and O–H groups in total. The van der Waals surface area contributed by atoms with Crippen LogP contribution in [0.4, 0.5) is 0 Å². The Labute approximate surface area is 54.8 Å². The fourth-order valence-electron chi connectivity index (χ4n) is 0.459. The Morgan fingerprint density at radius 3 is 2.12 bits per heavy atom. The molecule has 0 atom stereocenters. The molecule has 1 aliphatic rings. The van der Waals surface area contributed by atoms with Crippen molar-refractivity contribution in [2.45, 2.75) is 19.0 Å².